The van der Waals surface area contributed by atoms with Gasteiger partial charge in [0, 0.05) is 17.6 Å². The van der Waals surface area contributed by atoms with Crippen LogP contribution in [0.1, 0.15) is 33.3 Å². The molecule has 3 aromatic rings. The smallest absolute Gasteiger partial charge is 0.287 e. The van der Waals surface area contributed by atoms with Crippen LogP contribution in [-0.4, -0.2) is 31.4 Å². The van der Waals surface area contributed by atoms with E-state index < -0.39 is 5.91 Å². The standard InChI is InChI=1S/C22H23ClN2O3/c1-13-9-14(2)21-16(10-13)19(26)11-20(28-21)22(27)24-12-18(25(3)4)15-7-5-6-8-17(15)23/h5-11,18H,12H2,1-4H3,(H,24,27). The van der Waals surface area contributed by atoms with Gasteiger partial charge in [-0.1, -0.05) is 35.9 Å². The van der Waals surface area contributed by atoms with E-state index in [0.29, 0.717) is 22.5 Å². The maximum absolute atomic E-state index is 12.7. The molecule has 3 rings (SSSR count). The van der Waals surface area contributed by atoms with E-state index in [1.165, 1.54) is 6.07 Å². The Kier molecular flexibility index (Phi) is 5.87. The van der Waals surface area contributed by atoms with E-state index in [1.54, 1.807) is 6.07 Å². The lowest BCUT2D eigenvalue weighted by Gasteiger charge is -2.25. The zero-order valence-electron chi connectivity index (χ0n) is 16.4. The Hall–Kier alpha value is -2.63. The van der Waals surface area contributed by atoms with Crippen LogP contribution in [0.5, 0.6) is 0 Å². The van der Waals surface area contributed by atoms with Crippen molar-refractivity contribution in [3.63, 3.8) is 0 Å². The van der Waals surface area contributed by atoms with E-state index in [9.17, 15) is 9.59 Å². The predicted octanol–water partition coefficient (Wildman–Crippen LogP) is 4.10. The van der Waals surface area contributed by atoms with Crippen LogP contribution in [0.25, 0.3) is 11.0 Å². The Morgan fingerprint density at radius 3 is 2.57 bits per heavy atom. The third kappa shape index (κ3) is 4.11. The first-order chi connectivity index (χ1) is 13.3. The molecular weight excluding hydrogens is 376 g/mol. The number of benzene rings is 2. The van der Waals surface area contributed by atoms with Crippen molar-refractivity contribution in [2.75, 3.05) is 20.6 Å². The maximum atomic E-state index is 12.7. The topological polar surface area (TPSA) is 62.6 Å². The molecule has 0 spiro atoms. The zero-order chi connectivity index (χ0) is 20.4. The molecule has 0 fully saturated rings. The minimum Gasteiger partial charge on any atom is -0.450 e. The third-order valence-electron chi connectivity index (χ3n) is 4.73. The number of carbonyl (C=O) groups excluding carboxylic acids is 1. The Morgan fingerprint density at radius 2 is 1.89 bits per heavy atom. The molecule has 1 heterocycles. The number of hydrogen-bond donors (Lipinski definition) is 1. The molecule has 1 unspecified atom stereocenters. The number of rotatable bonds is 5. The van der Waals surface area contributed by atoms with E-state index in [-0.39, 0.29) is 17.2 Å². The van der Waals surface area contributed by atoms with E-state index >= 15 is 0 Å². The molecule has 1 aromatic heterocycles. The summed E-state index contributed by atoms with van der Waals surface area (Å²) in [7, 11) is 3.84. The number of fused-ring (bicyclic) bond motifs is 1. The molecule has 0 aliphatic carbocycles. The van der Waals surface area contributed by atoms with Gasteiger partial charge in [-0.05, 0) is 56.8 Å². The summed E-state index contributed by atoms with van der Waals surface area (Å²) in [5.74, 6) is -0.431. The van der Waals surface area contributed by atoms with Crippen LogP contribution in [0.4, 0.5) is 0 Å². The third-order valence-corrected chi connectivity index (χ3v) is 5.07. The summed E-state index contributed by atoms with van der Waals surface area (Å²) >= 11 is 6.31. The van der Waals surface area contributed by atoms with Gasteiger partial charge >= 0.3 is 0 Å². The fraction of sp³-hybridized carbons (Fsp3) is 0.273. The number of carbonyl (C=O) groups is 1. The van der Waals surface area contributed by atoms with Crippen molar-refractivity contribution in [2.45, 2.75) is 19.9 Å². The van der Waals surface area contributed by atoms with Crippen LogP contribution < -0.4 is 10.7 Å². The minimum atomic E-state index is -0.433. The molecular formula is C22H23ClN2O3. The average molecular weight is 399 g/mol. The monoisotopic (exact) mass is 398 g/mol. The predicted molar refractivity (Wildman–Crippen MR) is 112 cm³/mol. The molecule has 0 saturated heterocycles. The summed E-state index contributed by atoms with van der Waals surface area (Å²) in [6.07, 6.45) is 0. The van der Waals surface area contributed by atoms with E-state index in [2.05, 4.69) is 5.32 Å². The van der Waals surface area contributed by atoms with E-state index in [1.807, 2.05) is 63.2 Å². The second-order valence-electron chi connectivity index (χ2n) is 7.14. The quantitative estimate of drug-likeness (QED) is 0.703. The second-order valence-corrected chi connectivity index (χ2v) is 7.55. The first-order valence-corrected chi connectivity index (χ1v) is 9.40. The summed E-state index contributed by atoms with van der Waals surface area (Å²) in [6, 6.07) is 12.4. The van der Waals surface area contributed by atoms with Crippen molar-refractivity contribution in [1.82, 2.24) is 10.2 Å². The van der Waals surface area contributed by atoms with Crippen molar-refractivity contribution < 1.29 is 9.21 Å². The summed E-state index contributed by atoms with van der Waals surface area (Å²) in [4.78, 5) is 27.1. The van der Waals surface area contributed by atoms with E-state index in [0.717, 1.165) is 16.7 Å². The average Bonchev–Trinajstić information content (AvgIpc) is 2.63. The number of halogens is 1. The van der Waals surface area contributed by atoms with Gasteiger partial charge in [0.05, 0.1) is 11.4 Å². The highest BCUT2D eigenvalue weighted by molar-refractivity contribution is 6.31. The Morgan fingerprint density at radius 1 is 1.18 bits per heavy atom. The Bertz CT molecular complexity index is 1090. The van der Waals surface area contributed by atoms with Crippen molar-refractivity contribution >= 4 is 28.5 Å². The van der Waals surface area contributed by atoms with Gasteiger partial charge in [-0.15, -0.1) is 0 Å². The molecule has 1 amide bonds. The van der Waals surface area contributed by atoms with Crippen molar-refractivity contribution in [3.05, 3.63) is 80.2 Å². The maximum Gasteiger partial charge on any atom is 0.287 e. The SMILES string of the molecule is Cc1cc(C)c2oc(C(=O)NCC(c3ccccc3Cl)N(C)C)cc(=O)c2c1. The molecule has 5 nitrogen and oxygen atoms in total. The van der Waals surface area contributed by atoms with Crippen LogP contribution in [0.15, 0.2) is 51.7 Å². The van der Waals surface area contributed by atoms with Gasteiger partial charge in [-0.25, -0.2) is 0 Å². The molecule has 146 valence electrons. The molecule has 0 aliphatic heterocycles. The zero-order valence-corrected chi connectivity index (χ0v) is 17.1. The molecule has 0 aliphatic rings. The number of nitrogens with zero attached hydrogens (tertiary/aromatic N) is 1. The summed E-state index contributed by atoms with van der Waals surface area (Å²) < 4.78 is 5.76. The van der Waals surface area contributed by atoms with Crippen molar-refractivity contribution in [1.29, 1.82) is 0 Å². The number of amides is 1. The highest BCUT2D eigenvalue weighted by Gasteiger charge is 2.20. The number of hydrogen-bond acceptors (Lipinski definition) is 4. The summed E-state index contributed by atoms with van der Waals surface area (Å²) in [5.41, 5.74) is 2.93. The first kappa shape index (κ1) is 20.1. The fourth-order valence-electron chi connectivity index (χ4n) is 3.31. The summed E-state index contributed by atoms with van der Waals surface area (Å²) in [6.45, 7) is 4.10. The first-order valence-electron chi connectivity index (χ1n) is 9.02. The highest BCUT2D eigenvalue weighted by atomic mass is 35.5. The number of aryl methyl sites for hydroxylation is 2. The van der Waals surface area contributed by atoms with Gasteiger partial charge in [0.25, 0.3) is 5.91 Å². The van der Waals surface area contributed by atoms with Gasteiger partial charge in [0.1, 0.15) is 5.58 Å². The lowest BCUT2D eigenvalue weighted by Crippen LogP contribution is -2.35. The lowest BCUT2D eigenvalue weighted by atomic mass is 10.1. The Labute approximate surface area is 168 Å². The van der Waals surface area contributed by atoms with Crippen LogP contribution in [0.2, 0.25) is 5.02 Å². The number of nitrogens with one attached hydrogen (secondary N) is 1. The lowest BCUT2D eigenvalue weighted by molar-refractivity contribution is 0.0914. The molecule has 0 saturated carbocycles. The van der Waals surface area contributed by atoms with Crippen LogP contribution >= 0.6 is 11.6 Å². The van der Waals surface area contributed by atoms with Crippen LogP contribution in [0.3, 0.4) is 0 Å². The molecule has 1 atom stereocenters. The highest BCUT2D eigenvalue weighted by Crippen LogP contribution is 2.25. The minimum absolute atomic E-state index is 0.00104. The van der Waals surface area contributed by atoms with Crippen molar-refractivity contribution in [2.24, 2.45) is 0 Å². The van der Waals surface area contributed by atoms with Gasteiger partial charge in [0.2, 0.25) is 0 Å². The van der Waals surface area contributed by atoms with Gasteiger partial charge < -0.3 is 14.6 Å². The van der Waals surface area contributed by atoms with Gasteiger partial charge in [-0.3, -0.25) is 9.59 Å². The second kappa shape index (κ2) is 8.17. The number of likely N-dealkylation sites (N-methyl/N-ethyl adjacent to an activating group) is 1. The van der Waals surface area contributed by atoms with Crippen LogP contribution in [0, 0.1) is 13.8 Å². The molecule has 0 radical (unpaired) electrons. The fourth-order valence-corrected chi connectivity index (χ4v) is 3.58. The normalized spacial score (nSPS) is 12.4. The molecule has 2 aromatic carbocycles. The Balaban J connectivity index is 1.86. The van der Waals surface area contributed by atoms with Crippen molar-refractivity contribution in [3.8, 4) is 0 Å². The molecule has 1 N–H and O–H groups in total. The largest absolute Gasteiger partial charge is 0.450 e. The molecule has 28 heavy (non-hydrogen) atoms. The molecule has 0 bridgehead atoms. The molecule has 6 heteroatoms. The van der Waals surface area contributed by atoms with Gasteiger partial charge in [-0.2, -0.15) is 0 Å². The van der Waals surface area contributed by atoms with Gasteiger partial charge in [0.15, 0.2) is 11.2 Å². The van der Waals surface area contributed by atoms with Crippen LogP contribution in [-0.2, 0) is 0 Å². The summed E-state index contributed by atoms with van der Waals surface area (Å²) in [5, 5.41) is 3.98. The van der Waals surface area contributed by atoms with E-state index in [4.69, 9.17) is 16.0 Å².